The lowest BCUT2D eigenvalue weighted by Gasteiger charge is -2.33. The van der Waals surface area contributed by atoms with Crippen LogP contribution in [0.15, 0.2) is 0 Å². The van der Waals surface area contributed by atoms with Crippen LogP contribution in [0.4, 0.5) is 0 Å². The minimum atomic E-state index is 0.369. The van der Waals surface area contributed by atoms with Crippen molar-refractivity contribution in [3.05, 3.63) is 0 Å². The van der Waals surface area contributed by atoms with E-state index < -0.39 is 0 Å². The van der Waals surface area contributed by atoms with Crippen LogP contribution in [0, 0.1) is 5.41 Å². The summed E-state index contributed by atoms with van der Waals surface area (Å²) in [6.07, 6.45) is 5.02. The molecule has 0 fully saturated rings. The summed E-state index contributed by atoms with van der Waals surface area (Å²) in [6, 6.07) is 0. The summed E-state index contributed by atoms with van der Waals surface area (Å²) in [5, 5.41) is 3.46. The van der Waals surface area contributed by atoms with E-state index in [1.165, 1.54) is 25.7 Å². The van der Waals surface area contributed by atoms with Crippen LogP contribution in [0.5, 0.6) is 0 Å². The predicted octanol–water partition coefficient (Wildman–Crippen LogP) is 2.83. The van der Waals surface area contributed by atoms with Gasteiger partial charge in [0.1, 0.15) is 0 Å². The Morgan fingerprint density at radius 2 is 1.64 bits per heavy atom. The Labute approximate surface area is 89.4 Å². The molecular weight excluding hydrogens is 174 g/mol. The number of methoxy groups -OCH3 is 1. The monoisotopic (exact) mass is 201 g/mol. The van der Waals surface area contributed by atoms with E-state index in [1.807, 2.05) is 7.11 Å². The Morgan fingerprint density at radius 3 is 2.00 bits per heavy atom. The third kappa shape index (κ3) is 4.97. The molecule has 0 unspecified atom stereocenters. The van der Waals surface area contributed by atoms with Crippen molar-refractivity contribution < 1.29 is 4.74 Å². The van der Waals surface area contributed by atoms with Gasteiger partial charge in [-0.05, 0) is 19.4 Å². The highest BCUT2D eigenvalue weighted by Crippen LogP contribution is 2.29. The van der Waals surface area contributed by atoms with E-state index in [9.17, 15) is 0 Å². The zero-order chi connectivity index (χ0) is 10.9. The lowest BCUT2D eigenvalue weighted by atomic mass is 9.80. The largest absolute Gasteiger partial charge is 0.384 e. The third-order valence-corrected chi connectivity index (χ3v) is 2.76. The standard InChI is InChI=1S/C12H27NO/c1-5-8-12(9-6-2,11-14-4)10-13-7-3/h13H,5-11H2,1-4H3. The molecule has 0 amide bonds. The third-order valence-electron chi connectivity index (χ3n) is 2.76. The number of hydrogen-bond donors (Lipinski definition) is 1. The minimum absolute atomic E-state index is 0.369. The number of nitrogens with one attached hydrogen (secondary N) is 1. The molecule has 0 atom stereocenters. The van der Waals surface area contributed by atoms with E-state index in [-0.39, 0.29) is 0 Å². The van der Waals surface area contributed by atoms with Gasteiger partial charge in [0.2, 0.25) is 0 Å². The van der Waals surface area contributed by atoms with Gasteiger partial charge in [-0.1, -0.05) is 33.6 Å². The van der Waals surface area contributed by atoms with Crippen LogP contribution >= 0.6 is 0 Å². The zero-order valence-corrected chi connectivity index (χ0v) is 10.4. The molecule has 0 rings (SSSR count). The summed E-state index contributed by atoms with van der Waals surface area (Å²) in [6.45, 7) is 9.72. The fourth-order valence-electron chi connectivity index (χ4n) is 2.25. The van der Waals surface area contributed by atoms with E-state index in [2.05, 4.69) is 26.1 Å². The van der Waals surface area contributed by atoms with Gasteiger partial charge in [-0.2, -0.15) is 0 Å². The molecule has 0 saturated heterocycles. The van der Waals surface area contributed by atoms with Gasteiger partial charge in [0.25, 0.3) is 0 Å². The average Bonchev–Trinajstić information content (AvgIpc) is 2.16. The van der Waals surface area contributed by atoms with Gasteiger partial charge >= 0.3 is 0 Å². The number of hydrogen-bond acceptors (Lipinski definition) is 2. The Bertz CT molecular complexity index is 108. The fourth-order valence-corrected chi connectivity index (χ4v) is 2.25. The first-order valence-corrected chi connectivity index (χ1v) is 5.94. The Hall–Kier alpha value is -0.0800. The first kappa shape index (κ1) is 13.9. The van der Waals surface area contributed by atoms with Crippen LogP contribution < -0.4 is 5.32 Å². The van der Waals surface area contributed by atoms with Crippen molar-refractivity contribution >= 4 is 0 Å². The molecule has 1 N–H and O–H groups in total. The highest BCUT2D eigenvalue weighted by molar-refractivity contribution is 4.80. The van der Waals surface area contributed by atoms with E-state index >= 15 is 0 Å². The van der Waals surface area contributed by atoms with Crippen molar-refractivity contribution in [2.75, 3.05) is 26.8 Å². The van der Waals surface area contributed by atoms with Crippen molar-refractivity contribution in [1.82, 2.24) is 5.32 Å². The van der Waals surface area contributed by atoms with E-state index in [4.69, 9.17) is 4.74 Å². The second kappa shape index (κ2) is 8.25. The topological polar surface area (TPSA) is 21.3 Å². The quantitative estimate of drug-likeness (QED) is 0.619. The Balaban J connectivity index is 4.21. The number of rotatable bonds is 9. The molecule has 14 heavy (non-hydrogen) atoms. The maximum absolute atomic E-state index is 5.37. The summed E-state index contributed by atoms with van der Waals surface area (Å²) < 4.78 is 5.37. The maximum atomic E-state index is 5.37. The molecule has 0 aliphatic carbocycles. The molecule has 0 heterocycles. The molecular formula is C12H27NO. The van der Waals surface area contributed by atoms with Gasteiger partial charge in [0, 0.05) is 19.1 Å². The van der Waals surface area contributed by atoms with E-state index in [1.54, 1.807) is 0 Å². The fraction of sp³-hybridized carbons (Fsp3) is 1.00. The van der Waals surface area contributed by atoms with Crippen LogP contribution in [0.1, 0.15) is 46.5 Å². The van der Waals surface area contributed by atoms with Crippen molar-refractivity contribution in [1.29, 1.82) is 0 Å². The summed E-state index contributed by atoms with van der Waals surface area (Å²) in [5.74, 6) is 0. The first-order chi connectivity index (χ1) is 6.74. The van der Waals surface area contributed by atoms with Gasteiger partial charge in [-0.25, -0.2) is 0 Å². The summed E-state index contributed by atoms with van der Waals surface area (Å²) >= 11 is 0. The van der Waals surface area contributed by atoms with Gasteiger partial charge in [0.15, 0.2) is 0 Å². The molecule has 86 valence electrons. The van der Waals surface area contributed by atoms with Crippen LogP contribution in [0.3, 0.4) is 0 Å². The normalized spacial score (nSPS) is 12.0. The molecule has 0 saturated carbocycles. The van der Waals surface area contributed by atoms with Crippen molar-refractivity contribution in [2.24, 2.45) is 5.41 Å². The highest BCUT2D eigenvalue weighted by atomic mass is 16.5. The van der Waals surface area contributed by atoms with E-state index in [0.717, 1.165) is 19.7 Å². The van der Waals surface area contributed by atoms with Crippen LogP contribution in [0.2, 0.25) is 0 Å². The molecule has 2 heteroatoms. The maximum Gasteiger partial charge on any atom is 0.0530 e. The first-order valence-electron chi connectivity index (χ1n) is 5.94. The molecule has 0 radical (unpaired) electrons. The SMILES string of the molecule is CCCC(CCC)(CNCC)COC. The molecule has 0 aromatic rings. The Morgan fingerprint density at radius 1 is 1.07 bits per heavy atom. The summed E-state index contributed by atoms with van der Waals surface area (Å²) in [5.41, 5.74) is 0.369. The van der Waals surface area contributed by atoms with Crippen LogP contribution in [-0.2, 0) is 4.74 Å². The van der Waals surface area contributed by atoms with Gasteiger partial charge in [-0.15, -0.1) is 0 Å². The molecule has 0 bridgehead atoms. The van der Waals surface area contributed by atoms with Crippen molar-refractivity contribution in [2.45, 2.75) is 46.5 Å². The molecule has 0 aliphatic heterocycles. The zero-order valence-electron chi connectivity index (χ0n) is 10.4. The van der Waals surface area contributed by atoms with Crippen LogP contribution in [-0.4, -0.2) is 26.8 Å². The molecule has 2 nitrogen and oxygen atoms in total. The van der Waals surface area contributed by atoms with Crippen molar-refractivity contribution in [3.8, 4) is 0 Å². The van der Waals surface area contributed by atoms with E-state index in [0.29, 0.717) is 5.41 Å². The molecule has 0 aliphatic rings. The lowest BCUT2D eigenvalue weighted by Crippen LogP contribution is -2.38. The number of ether oxygens (including phenoxy) is 1. The molecule has 0 spiro atoms. The second-order valence-electron chi connectivity index (χ2n) is 4.21. The average molecular weight is 201 g/mol. The van der Waals surface area contributed by atoms with Crippen LogP contribution in [0.25, 0.3) is 0 Å². The van der Waals surface area contributed by atoms with Gasteiger partial charge in [0.05, 0.1) is 6.61 Å². The molecule has 0 aromatic carbocycles. The predicted molar refractivity (Wildman–Crippen MR) is 62.7 cm³/mol. The summed E-state index contributed by atoms with van der Waals surface area (Å²) in [4.78, 5) is 0. The lowest BCUT2D eigenvalue weighted by molar-refractivity contribution is 0.0633. The summed E-state index contributed by atoms with van der Waals surface area (Å²) in [7, 11) is 1.81. The molecule has 0 aromatic heterocycles. The van der Waals surface area contributed by atoms with Gasteiger partial charge < -0.3 is 10.1 Å². The Kier molecular flexibility index (Phi) is 8.20. The second-order valence-corrected chi connectivity index (χ2v) is 4.21. The van der Waals surface area contributed by atoms with Crippen molar-refractivity contribution in [3.63, 3.8) is 0 Å². The van der Waals surface area contributed by atoms with Gasteiger partial charge in [-0.3, -0.25) is 0 Å². The highest BCUT2D eigenvalue weighted by Gasteiger charge is 2.27. The smallest absolute Gasteiger partial charge is 0.0530 e. The minimum Gasteiger partial charge on any atom is -0.384 e.